The number of hydrogen-bond donors (Lipinski definition) is 1. The first-order chi connectivity index (χ1) is 13.7. The molecule has 1 aromatic heterocycles. The van der Waals surface area contributed by atoms with Crippen LogP contribution in [0.2, 0.25) is 5.02 Å². The van der Waals surface area contributed by atoms with E-state index in [0.717, 1.165) is 30.4 Å². The largest absolute Gasteiger partial charge is 0.337 e. The van der Waals surface area contributed by atoms with Crippen molar-refractivity contribution < 1.29 is 9.32 Å². The normalized spacial score (nSPS) is 16.8. The molecule has 7 heteroatoms. The van der Waals surface area contributed by atoms with Crippen LogP contribution in [0.1, 0.15) is 36.8 Å². The number of rotatable bonds is 4. The quantitative estimate of drug-likeness (QED) is 0.685. The molecule has 0 unspecified atom stereocenters. The van der Waals surface area contributed by atoms with Gasteiger partial charge in [0.05, 0.1) is 0 Å². The number of aromatic nitrogens is 2. The third kappa shape index (κ3) is 4.17. The highest BCUT2D eigenvalue weighted by Gasteiger charge is 2.32. The number of urea groups is 1. The molecule has 0 radical (unpaired) electrons. The fourth-order valence-electron chi connectivity index (χ4n) is 3.39. The van der Waals surface area contributed by atoms with Crippen molar-refractivity contribution >= 4 is 17.6 Å². The van der Waals surface area contributed by atoms with Crippen molar-refractivity contribution in [3.63, 3.8) is 0 Å². The van der Waals surface area contributed by atoms with E-state index in [9.17, 15) is 4.79 Å². The zero-order valence-electron chi connectivity index (χ0n) is 15.3. The Hall–Kier alpha value is -2.86. The highest BCUT2D eigenvalue weighted by molar-refractivity contribution is 6.30. The molecule has 4 rings (SSSR count). The van der Waals surface area contributed by atoms with Crippen LogP contribution in [-0.4, -0.2) is 27.6 Å². The molecule has 1 fully saturated rings. The zero-order chi connectivity index (χ0) is 19.3. The first kappa shape index (κ1) is 18.5. The number of nitrogens with zero attached hydrogens (tertiary/aromatic N) is 3. The monoisotopic (exact) mass is 396 g/mol. The highest BCUT2D eigenvalue weighted by Crippen LogP contribution is 2.31. The molecule has 3 aromatic rings. The number of likely N-dealkylation sites (tertiary alicyclic amines) is 1. The van der Waals surface area contributed by atoms with E-state index in [1.165, 1.54) is 0 Å². The van der Waals surface area contributed by atoms with Crippen molar-refractivity contribution in [3.05, 3.63) is 71.1 Å². The van der Waals surface area contributed by atoms with Crippen molar-refractivity contribution in [2.24, 2.45) is 0 Å². The molecule has 0 spiro atoms. The van der Waals surface area contributed by atoms with E-state index in [1.54, 1.807) is 17.0 Å². The van der Waals surface area contributed by atoms with Gasteiger partial charge in [-0.3, -0.25) is 0 Å². The Kier molecular flexibility index (Phi) is 5.58. The summed E-state index contributed by atoms with van der Waals surface area (Å²) in [5, 5.41) is 7.74. The van der Waals surface area contributed by atoms with Crippen LogP contribution in [-0.2, 0) is 6.54 Å². The van der Waals surface area contributed by atoms with E-state index in [1.807, 2.05) is 42.5 Å². The summed E-state index contributed by atoms with van der Waals surface area (Å²) in [5.41, 5.74) is 1.89. The maximum Gasteiger partial charge on any atom is 0.318 e. The molecule has 2 aromatic carbocycles. The number of hydrogen-bond acceptors (Lipinski definition) is 4. The van der Waals surface area contributed by atoms with Gasteiger partial charge in [0.15, 0.2) is 0 Å². The molecule has 0 aliphatic carbocycles. The Balaban J connectivity index is 1.47. The van der Waals surface area contributed by atoms with E-state index < -0.39 is 0 Å². The highest BCUT2D eigenvalue weighted by atomic mass is 35.5. The number of piperidine rings is 1. The zero-order valence-corrected chi connectivity index (χ0v) is 16.1. The Morgan fingerprint density at radius 2 is 1.93 bits per heavy atom. The van der Waals surface area contributed by atoms with E-state index in [-0.39, 0.29) is 12.1 Å². The Morgan fingerprint density at radius 3 is 2.71 bits per heavy atom. The van der Waals surface area contributed by atoms with Gasteiger partial charge >= 0.3 is 6.03 Å². The van der Waals surface area contributed by atoms with Gasteiger partial charge in [-0.05, 0) is 49.1 Å². The molecule has 144 valence electrons. The van der Waals surface area contributed by atoms with Crippen molar-refractivity contribution in [1.82, 2.24) is 20.4 Å². The SMILES string of the molecule is O=C(NCc1ccccc1)N1CCCC[C@H]1c1nc(-c2ccc(Cl)cc2)no1. The summed E-state index contributed by atoms with van der Waals surface area (Å²) in [6.45, 7) is 1.16. The number of halogens is 1. The molecule has 0 bridgehead atoms. The van der Waals surface area contributed by atoms with Crippen LogP contribution >= 0.6 is 11.6 Å². The van der Waals surface area contributed by atoms with Crippen LogP contribution in [0.5, 0.6) is 0 Å². The second kappa shape index (κ2) is 8.44. The molecule has 28 heavy (non-hydrogen) atoms. The van der Waals surface area contributed by atoms with E-state index in [4.69, 9.17) is 16.1 Å². The number of carbonyl (C=O) groups is 1. The average Bonchev–Trinajstić information content (AvgIpc) is 3.23. The minimum atomic E-state index is -0.210. The van der Waals surface area contributed by atoms with Crippen molar-refractivity contribution in [2.45, 2.75) is 31.8 Å². The average molecular weight is 397 g/mol. The predicted octanol–water partition coefficient (Wildman–Crippen LogP) is 4.83. The number of nitrogens with one attached hydrogen (secondary N) is 1. The Bertz CT molecular complexity index is 927. The maximum atomic E-state index is 12.8. The van der Waals surface area contributed by atoms with Crippen molar-refractivity contribution in [2.75, 3.05) is 6.54 Å². The minimum Gasteiger partial charge on any atom is -0.337 e. The fourth-order valence-corrected chi connectivity index (χ4v) is 3.52. The van der Waals surface area contributed by atoms with Crippen molar-refractivity contribution in [3.8, 4) is 11.4 Å². The lowest BCUT2D eigenvalue weighted by Crippen LogP contribution is -2.44. The summed E-state index contributed by atoms with van der Waals surface area (Å²) in [6, 6.07) is 16.8. The number of carbonyl (C=O) groups excluding carboxylic acids is 1. The lowest BCUT2D eigenvalue weighted by molar-refractivity contribution is 0.131. The van der Waals surface area contributed by atoms with Gasteiger partial charge in [-0.1, -0.05) is 47.1 Å². The fraction of sp³-hybridized carbons (Fsp3) is 0.286. The number of amides is 2. The minimum absolute atomic E-state index is 0.111. The maximum absolute atomic E-state index is 12.8. The summed E-state index contributed by atoms with van der Waals surface area (Å²) in [5.74, 6) is 0.974. The molecule has 2 amide bonds. The lowest BCUT2D eigenvalue weighted by Gasteiger charge is -2.33. The second-order valence-corrected chi connectivity index (χ2v) is 7.25. The second-order valence-electron chi connectivity index (χ2n) is 6.81. The molecule has 6 nitrogen and oxygen atoms in total. The first-order valence-electron chi connectivity index (χ1n) is 9.38. The lowest BCUT2D eigenvalue weighted by atomic mass is 10.0. The molecule has 1 aliphatic rings. The molecule has 2 heterocycles. The Morgan fingerprint density at radius 1 is 1.14 bits per heavy atom. The molecule has 1 saturated heterocycles. The van der Waals surface area contributed by atoms with Crippen LogP contribution in [0.4, 0.5) is 4.79 Å². The van der Waals surface area contributed by atoms with Gasteiger partial charge in [-0.25, -0.2) is 4.79 Å². The third-order valence-electron chi connectivity index (χ3n) is 4.88. The van der Waals surface area contributed by atoms with Gasteiger partial charge in [0.2, 0.25) is 11.7 Å². The molecule has 0 saturated carbocycles. The van der Waals surface area contributed by atoms with E-state index in [0.29, 0.717) is 29.8 Å². The van der Waals surface area contributed by atoms with E-state index >= 15 is 0 Å². The summed E-state index contributed by atoms with van der Waals surface area (Å²) < 4.78 is 5.52. The Labute approximate surface area is 168 Å². The molecule has 1 atom stereocenters. The predicted molar refractivity (Wildman–Crippen MR) is 107 cm³/mol. The van der Waals surface area contributed by atoms with Gasteiger partial charge in [0.1, 0.15) is 6.04 Å². The summed E-state index contributed by atoms with van der Waals surface area (Å²) in [6.07, 6.45) is 2.79. The van der Waals surface area contributed by atoms with Crippen LogP contribution in [0, 0.1) is 0 Å². The van der Waals surface area contributed by atoms with Crippen LogP contribution in [0.25, 0.3) is 11.4 Å². The topological polar surface area (TPSA) is 71.3 Å². The smallest absolute Gasteiger partial charge is 0.318 e. The van der Waals surface area contributed by atoms with Crippen LogP contribution in [0.3, 0.4) is 0 Å². The summed E-state index contributed by atoms with van der Waals surface area (Å²) in [7, 11) is 0. The van der Waals surface area contributed by atoms with Gasteiger partial charge in [0.25, 0.3) is 0 Å². The van der Waals surface area contributed by atoms with Gasteiger partial charge in [-0.2, -0.15) is 4.98 Å². The van der Waals surface area contributed by atoms with Crippen LogP contribution < -0.4 is 5.32 Å². The third-order valence-corrected chi connectivity index (χ3v) is 5.13. The van der Waals surface area contributed by atoms with Gasteiger partial charge < -0.3 is 14.7 Å². The summed E-state index contributed by atoms with van der Waals surface area (Å²) in [4.78, 5) is 19.1. The standard InChI is InChI=1S/C21H21ClN4O2/c22-17-11-9-16(10-12-17)19-24-20(28-25-19)18-8-4-5-13-26(18)21(27)23-14-15-6-2-1-3-7-15/h1-3,6-7,9-12,18H,4-5,8,13-14H2,(H,23,27)/t18-/m0/s1. The number of benzene rings is 2. The molecular formula is C21H21ClN4O2. The van der Waals surface area contributed by atoms with Gasteiger partial charge in [-0.15, -0.1) is 0 Å². The van der Waals surface area contributed by atoms with Crippen molar-refractivity contribution in [1.29, 1.82) is 0 Å². The van der Waals surface area contributed by atoms with Crippen LogP contribution in [0.15, 0.2) is 59.1 Å². The molecule has 1 aliphatic heterocycles. The van der Waals surface area contributed by atoms with E-state index in [2.05, 4.69) is 15.5 Å². The van der Waals surface area contributed by atoms with Gasteiger partial charge in [0, 0.05) is 23.7 Å². The first-order valence-corrected chi connectivity index (χ1v) is 9.76. The molecular weight excluding hydrogens is 376 g/mol. The molecule has 1 N–H and O–H groups in total. The summed E-state index contributed by atoms with van der Waals surface area (Å²) >= 11 is 5.94.